The van der Waals surface area contributed by atoms with Crippen molar-refractivity contribution in [3.8, 4) is 0 Å². The molecular weight excluding hydrogens is 226 g/mol. The maximum Gasteiger partial charge on any atom is 0.0585 e. The molecule has 0 amide bonds. The van der Waals surface area contributed by atoms with E-state index in [-0.39, 0.29) is 12.2 Å². The third-order valence-electron chi connectivity index (χ3n) is 5.10. The summed E-state index contributed by atoms with van der Waals surface area (Å²) < 4.78 is 0. The van der Waals surface area contributed by atoms with Crippen molar-refractivity contribution in [1.29, 1.82) is 0 Å². The van der Waals surface area contributed by atoms with Crippen molar-refractivity contribution in [3.05, 3.63) is 0 Å². The highest BCUT2D eigenvalue weighted by molar-refractivity contribution is 4.87. The molecule has 6 unspecified atom stereocenters. The van der Waals surface area contributed by atoms with Crippen LogP contribution in [-0.2, 0) is 0 Å². The summed E-state index contributed by atoms with van der Waals surface area (Å²) in [4.78, 5) is 2.44. The molecule has 3 heteroatoms. The summed E-state index contributed by atoms with van der Waals surface area (Å²) in [7, 11) is 0. The van der Waals surface area contributed by atoms with E-state index in [0.29, 0.717) is 23.7 Å². The summed E-state index contributed by atoms with van der Waals surface area (Å²) in [5.74, 6) is 2.14. The van der Waals surface area contributed by atoms with Gasteiger partial charge in [-0.25, -0.2) is 0 Å². The molecule has 1 saturated carbocycles. The Bertz CT molecular complexity index is 257. The lowest BCUT2D eigenvalue weighted by atomic mass is 9.73. The van der Waals surface area contributed by atoms with Crippen molar-refractivity contribution >= 4 is 0 Å². The van der Waals surface area contributed by atoms with Gasteiger partial charge in [0, 0.05) is 19.0 Å². The van der Waals surface area contributed by atoms with Crippen LogP contribution in [0.4, 0.5) is 0 Å². The molecule has 0 bridgehead atoms. The van der Waals surface area contributed by atoms with Crippen LogP contribution in [0.3, 0.4) is 0 Å². The predicted molar refractivity (Wildman–Crippen MR) is 73.3 cm³/mol. The Kier molecular flexibility index (Phi) is 4.68. The van der Waals surface area contributed by atoms with Crippen LogP contribution < -0.4 is 0 Å². The smallest absolute Gasteiger partial charge is 0.0585 e. The van der Waals surface area contributed by atoms with Gasteiger partial charge in [-0.2, -0.15) is 0 Å². The lowest BCUT2D eigenvalue weighted by molar-refractivity contribution is -0.0000577. The number of aliphatic hydroxyl groups excluding tert-OH is 2. The van der Waals surface area contributed by atoms with Crippen LogP contribution in [0.1, 0.15) is 40.0 Å². The van der Waals surface area contributed by atoms with Gasteiger partial charge in [0.05, 0.1) is 12.2 Å². The molecule has 1 aliphatic heterocycles. The lowest BCUT2D eigenvalue weighted by Gasteiger charge is -2.39. The normalized spacial score (nSPS) is 44.2. The molecular formula is C15H29NO2. The topological polar surface area (TPSA) is 43.7 Å². The SMILES string of the molecule is CC1CC(C)C(CN2CCC(C(C)O)C2)C(O)C1. The molecule has 1 heterocycles. The third kappa shape index (κ3) is 3.25. The van der Waals surface area contributed by atoms with Crippen LogP contribution >= 0.6 is 0 Å². The molecule has 18 heavy (non-hydrogen) atoms. The quantitative estimate of drug-likeness (QED) is 0.807. The first-order chi connectivity index (χ1) is 8.47. The summed E-state index contributed by atoms with van der Waals surface area (Å²) in [5, 5.41) is 19.9. The van der Waals surface area contributed by atoms with Crippen LogP contribution in [0.2, 0.25) is 0 Å². The molecule has 2 aliphatic rings. The molecule has 2 fully saturated rings. The highest BCUT2D eigenvalue weighted by atomic mass is 16.3. The predicted octanol–water partition coefficient (Wildman–Crippen LogP) is 1.73. The minimum absolute atomic E-state index is 0.130. The van der Waals surface area contributed by atoms with Crippen LogP contribution in [-0.4, -0.2) is 47.0 Å². The van der Waals surface area contributed by atoms with E-state index in [0.717, 1.165) is 32.5 Å². The largest absolute Gasteiger partial charge is 0.393 e. The maximum absolute atomic E-state index is 10.3. The average molecular weight is 255 g/mol. The summed E-state index contributed by atoms with van der Waals surface area (Å²) in [6, 6.07) is 0. The molecule has 0 aromatic rings. The number of nitrogens with zero attached hydrogens (tertiary/aromatic N) is 1. The third-order valence-corrected chi connectivity index (χ3v) is 5.10. The van der Waals surface area contributed by atoms with Gasteiger partial charge >= 0.3 is 0 Å². The summed E-state index contributed by atoms with van der Waals surface area (Å²) in [6.07, 6.45) is 2.99. The van der Waals surface area contributed by atoms with E-state index in [4.69, 9.17) is 0 Å². The lowest BCUT2D eigenvalue weighted by Crippen LogP contribution is -2.42. The van der Waals surface area contributed by atoms with Gasteiger partial charge in [-0.15, -0.1) is 0 Å². The fraction of sp³-hybridized carbons (Fsp3) is 1.00. The van der Waals surface area contributed by atoms with Gasteiger partial charge in [-0.1, -0.05) is 13.8 Å². The van der Waals surface area contributed by atoms with Crippen molar-refractivity contribution in [1.82, 2.24) is 4.90 Å². The molecule has 2 N–H and O–H groups in total. The Hall–Kier alpha value is -0.120. The molecule has 1 aliphatic carbocycles. The van der Waals surface area contributed by atoms with Crippen molar-refractivity contribution in [2.24, 2.45) is 23.7 Å². The number of hydrogen-bond acceptors (Lipinski definition) is 3. The van der Waals surface area contributed by atoms with Gasteiger partial charge in [-0.3, -0.25) is 0 Å². The summed E-state index contributed by atoms with van der Waals surface area (Å²) in [5.41, 5.74) is 0. The van der Waals surface area contributed by atoms with E-state index in [1.807, 2.05) is 6.92 Å². The van der Waals surface area contributed by atoms with Gasteiger partial charge in [0.15, 0.2) is 0 Å². The number of hydrogen-bond donors (Lipinski definition) is 2. The minimum Gasteiger partial charge on any atom is -0.393 e. The van der Waals surface area contributed by atoms with Crippen LogP contribution in [0, 0.1) is 23.7 Å². The van der Waals surface area contributed by atoms with E-state index >= 15 is 0 Å². The highest BCUT2D eigenvalue weighted by Gasteiger charge is 2.35. The van der Waals surface area contributed by atoms with Gasteiger partial charge in [0.25, 0.3) is 0 Å². The van der Waals surface area contributed by atoms with Crippen molar-refractivity contribution in [3.63, 3.8) is 0 Å². The molecule has 0 radical (unpaired) electrons. The summed E-state index contributed by atoms with van der Waals surface area (Å²) in [6.45, 7) is 9.53. The van der Waals surface area contributed by atoms with Crippen LogP contribution in [0.15, 0.2) is 0 Å². The first-order valence-corrected chi connectivity index (χ1v) is 7.55. The first kappa shape index (κ1) is 14.3. The Morgan fingerprint density at radius 2 is 2.00 bits per heavy atom. The second kappa shape index (κ2) is 5.89. The van der Waals surface area contributed by atoms with Crippen LogP contribution in [0.25, 0.3) is 0 Å². The average Bonchev–Trinajstić information content (AvgIpc) is 2.71. The van der Waals surface area contributed by atoms with Gasteiger partial charge in [0.2, 0.25) is 0 Å². The van der Waals surface area contributed by atoms with Crippen molar-refractivity contribution in [2.75, 3.05) is 19.6 Å². The Labute approximate surface area is 111 Å². The zero-order chi connectivity index (χ0) is 13.3. The minimum atomic E-state index is -0.191. The van der Waals surface area contributed by atoms with Gasteiger partial charge < -0.3 is 15.1 Å². The monoisotopic (exact) mass is 255 g/mol. The van der Waals surface area contributed by atoms with Crippen molar-refractivity contribution in [2.45, 2.75) is 52.2 Å². The standard InChI is InChI=1S/C15H29NO2/c1-10-6-11(2)14(15(18)7-10)9-16-5-4-13(8-16)12(3)17/h10-15,17-18H,4-9H2,1-3H3. The van der Waals surface area contributed by atoms with E-state index in [1.54, 1.807) is 0 Å². The molecule has 6 atom stereocenters. The van der Waals surface area contributed by atoms with Crippen LogP contribution in [0.5, 0.6) is 0 Å². The Morgan fingerprint density at radius 1 is 1.28 bits per heavy atom. The molecule has 1 saturated heterocycles. The number of rotatable bonds is 3. The molecule has 3 nitrogen and oxygen atoms in total. The zero-order valence-corrected chi connectivity index (χ0v) is 12.0. The zero-order valence-electron chi connectivity index (χ0n) is 12.0. The highest BCUT2D eigenvalue weighted by Crippen LogP contribution is 2.35. The van der Waals surface area contributed by atoms with E-state index in [1.165, 1.54) is 6.42 Å². The first-order valence-electron chi connectivity index (χ1n) is 7.55. The maximum atomic E-state index is 10.3. The second-order valence-corrected chi connectivity index (χ2v) is 6.83. The second-order valence-electron chi connectivity index (χ2n) is 6.83. The molecule has 2 rings (SSSR count). The number of aliphatic hydroxyl groups is 2. The molecule has 106 valence electrons. The Morgan fingerprint density at radius 3 is 2.56 bits per heavy atom. The Balaban J connectivity index is 1.86. The van der Waals surface area contributed by atoms with E-state index < -0.39 is 0 Å². The van der Waals surface area contributed by atoms with Crippen molar-refractivity contribution < 1.29 is 10.2 Å². The van der Waals surface area contributed by atoms with E-state index in [2.05, 4.69) is 18.7 Å². The van der Waals surface area contributed by atoms with Gasteiger partial charge in [-0.05, 0) is 50.5 Å². The van der Waals surface area contributed by atoms with E-state index in [9.17, 15) is 10.2 Å². The molecule has 0 aromatic heterocycles. The molecule has 0 aromatic carbocycles. The fourth-order valence-electron chi connectivity index (χ4n) is 3.89. The van der Waals surface area contributed by atoms with Gasteiger partial charge in [0.1, 0.15) is 0 Å². The molecule has 0 spiro atoms. The fourth-order valence-corrected chi connectivity index (χ4v) is 3.89. The summed E-state index contributed by atoms with van der Waals surface area (Å²) >= 11 is 0. The number of likely N-dealkylation sites (tertiary alicyclic amines) is 1.